The molecule has 1 amide bonds. The standard InChI is InChI=1S/C19H38N2O.CH3Br/c1-11-12-21(9,10)15-18(5,6)14-20-16(22)19(7,8)13-17(2,3)4;1-2/h11H,1,12-15H2,2-10H3;1H3/p+1. The van der Waals surface area contributed by atoms with Crippen LogP contribution >= 0.6 is 15.9 Å². The topological polar surface area (TPSA) is 29.1 Å². The van der Waals surface area contributed by atoms with Gasteiger partial charge in [0.15, 0.2) is 0 Å². The van der Waals surface area contributed by atoms with Crippen LogP contribution < -0.4 is 5.32 Å². The Morgan fingerprint density at radius 2 is 1.54 bits per heavy atom. The van der Waals surface area contributed by atoms with Crippen LogP contribution in [-0.4, -0.2) is 50.0 Å². The van der Waals surface area contributed by atoms with Crippen LogP contribution in [0.25, 0.3) is 0 Å². The summed E-state index contributed by atoms with van der Waals surface area (Å²) in [7, 11) is 4.41. The minimum absolute atomic E-state index is 0.0555. The Bertz CT molecular complexity index is 393. The molecule has 3 nitrogen and oxygen atoms in total. The summed E-state index contributed by atoms with van der Waals surface area (Å²) >= 11 is 2.94. The van der Waals surface area contributed by atoms with Crippen molar-refractivity contribution >= 4 is 21.8 Å². The molecule has 0 unspecified atom stereocenters. The lowest BCUT2D eigenvalue weighted by Crippen LogP contribution is -2.51. The number of hydrogen-bond donors (Lipinski definition) is 1. The number of halogens is 1. The maximum absolute atomic E-state index is 12.5. The van der Waals surface area contributed by atoms with Gasteiger partial charge >= 0.3 is 0 Å². The highest BCUT2D eigenvalue weighted by atomic mass is 79.9. The summed E-state index contributed by atoms with van der Waals surface area (Å²) in [5.41, 5.74) is -0.126. The van der Waals surface area contributed by atoms with E-state index in [1.807, 2.05) is 25.8 Å². The zero-order chi connectivity index (χ0) is 19.8. The number of amides is 1. The van der Waals surface area contributed by atoms with Gasteiger partial charge in [-0.05, 0) is 23.7 Å². The molecule has 24 heavy (non-hydrogen) atoms. The van der Waals surface area contributed by atoms with E-state index >= 15 is 0 Å². The lowest BCUT2D eigenvalue weighted by Gasteiger charge is -2.38. The van der Waals surface area contributed by atoms with Crippen molar-refractivity contribution < 1.29 is 9.28 Å². The van der Waals surface area contributed by atoms with Crippen molar-refractivity contribution in [1.29, 1.82) is 0 Å². The van der Waals surface area contributed by atoms with Gasteiger partial charge in [-0.15, -0.1) is 0 Å². The first-order valence-corrected chi connectivity index (χ1v) is 10.3. The summed E-state index contributed by atoms with van der Waals surface area (Å²) < 4.78 is 0.887. The van der Waals surface area contributed by atoms with E-state index in [1.54, 1.807) is 0 Å². The van der Waals surface area contributed by atoms with Gasteiger partial charge in [-0.25, -0.2) is 0 Å². The maximum atomic E-state index is 12.5. The summed E-state index contributed by atoms with van der Waals surface area (Å²) in [6.45, 7) is 21.5. The highest BCUT2D eigenvalue weighted by Crippen LogP contribution is 2.33. The number of alkyl halides is 1. The van der Waals surface area contributed by atoms with Crippen molar-refractivity contribution in [2.24, 2.45) is 16.2 Å². The molecule has 0 rings (SSSR count). The highest BCUT2D eigenvalue weighted by molar-refractivity contribution is 9.08. The average Bonchev–Trinajstić information content (AvgIpc) is 2.34. The molecule has 0 spiro atoms. The number of carbonyl (C=O) groups is 1. The lowest BCUT2D eigenvalue weighted by molar-refractivity contribution is -0.890. The minimum Gasteiger partial charge on any atom is -0.355 e. The Morgan fingerprint density at radius 3 is 1.92 bits per heavy atom. The van der Waals surface area contributed by atoms with Crippen LogP contribution in [-0.2, 0) is 4.79 Å². The first-order valence-electron chi connectivity index (χ1n) is 8.69. The van der Waals surface area contributed by atoms with Gasteiger partial charge in [0.1, 0.15) is 0 Å². The quantitative estimate of drug-likeness (QED) is 0.348. The molecule has 0 heterocycles. The number of carbonyl (C=O) groups excluding carboxylic acids is 1. The third-order valence-electron chi connectivity index (χ3n) is 3.79. The molecule has 0 aromatic rings. The molecule has 0 saturated heterocycles. The summed E-state index contributed by atoms with van der Waals surface area (Å²) in [4.78, 5) is 12.5. The van der Waals surface area contributed by atoms with Gasteiger partial charge in [-0.1, -0.05) is 71.0 Å². The van der Waals surface area contributed by atoms with Crippen molar-refractivity contribution in [1.82, 2.24) is 5.32 Å². The van der Waals surface area contributed by atoms with Crippen molar-refractivity contribution in [3.05, 3.63) is 12.7 Å². The molecule has 0 aromatic heterocycles. The molecule has 0 radical (unpaired) electrons. The van der Waals surface area contributed by atoms with Crippen molar-refractivity contribution in [2.75, 3.05) is 39.6 Å². The number of nitrogens with one attached hydrogen (secondary N) is 1. The highest BCUT2D eigenvalue weighted by Gasteiger charge is 2.34. The lowest BCUT2D eigenvalue weighted by atomic mass is 9.75. The SMILES string of the molecule is C=CC[N+](C)(C)CC(C)(C)CNC(=O)C(C)(C)CC(C)(C)C.CBr. The van der Waals surface area contributed by atoms with Gasteiger partial charge in [0, 0.05) is 17.4 Å². The summed E-state index contributed by atoms with van der Waals surface area (Å²) in [5.74, 6) is 1.97. The maximum Gasteiger partial charge on any atom is 0.225 e. The zero-order valence-corrected chi connectivity index (χ0v) is 19.4. The fraction of sp³-hybridized carbons (Fsp3) is 0.850. The molecule has 0 aliphatic heterocycles. The van der Waals surface area contributed by atoms with E-state index in [0.717, 1.165) is 24.0 Å². The van der Waals surface area contributed by atoms with Crippen LogP contribution in [0.3, 0.4) is 0 Å². The fourth-order valence-electron chi connectivity index (χ4n) is 3.59. The van der Waals surface area contributed by atoms with Crippen LogP contribution in [0, 0.1) is 16.2 Å². The van der Waals surface area contributed by atoms with Gasteiger partial charge in [0.05, 0.1) is 27.2 Å². The molecule has 4 heteroatoms. The molecule has 0 bridgehead atoms. The normalized spacial score (nSPS) is 13.0. The number of nitrogens with zero attached hydrogens (tertiary/aromatic N) is 1. The number of hydrogen-bond acceptors (Lipinski definition) is 1. The van der Waals surface area contributed by atoms with Gasteiger partial charge in [-0.3, -0.25) is 4.79 Å². The molecule has 0 saturated carbocycles. The number of quaternary nitrogens is 1. The van der Waals surface area contributed by atoms with E-state index in [4.69, 9.17) is 0 Å². The van der Waals surface area contributed by atoms with E-state index in [-0.39, 0.29) is 22.2 Å². The first kappa shape index (κ1) is 25.9. The third kappa shape index (κ3) is 12.1. The number of likely N-dealkylation sites (N-methyl/N-ethyl adjacent to an activating group) is 1. The molecular weight excluding hydrogens is 364 g/mol. The molecule has 0 aromatic carbocycles. The summed E-state index contributed by atoms with van der Waals surface area (Å²) in [6, 6.07) is 0. The second-order valence-corrected chi connectivity index (χ2v) is 10.0. The fourth-order valence-corrected chi connectivity index (χ4v) is 3.59. The van der Waals surface area contributed by atoms with E-state index in [2.05, 4.69) is 76.5 Å². The largest absolute Gasteiger partial charge is 0.355 e. The predicted molar refractivity (Wildman–Crippen MR) is 112 cm³/mol. The molecule has 0 atom stereocenters. The van der Waals surface area contributed by atoms with Crippen molar-refractivity contribution in [3.63, 3.8) is 0 Å². The van der Waals surface area contributed by atoms with Gasteiger partial charge in [0.25, 0.3) is 0 Å². The average molecular weight is 406 g/mol. The Balaban J connectivity index is 0. The monoisotopic (exact) mass is 405 g/mol. The van der Waals surface area contributed by atoms with Crippen LogP contribution in [0.5, 0.6) is 0 Å². The molecular formula is C20H42BrN2O+. The van der Waals surface area contributed by atoms with E-state index < -0.39 is 0 Å². The van der Waals surface area contributed by atoms with Crippen LogP contribution in [0.1, 0.15) is 54.9 Å². The summed E-state index contributed by atoms with van der Waals surface area (Å²) in [6.07, 6.45) is 2.84. The Kier molecular flexibility index (Phi) is 10.7. The van der Waals surface area contributed by atoms with Crippen molar-refractivity contribution in [2.45, 2.75) is 54.9 Å². The van der Waals surface area contributed by atoms with E-state index in [0.29, 0.717) is 6.54 Å². The zero-order valence-electron chi connectivity index (χ0n) is 17.8. The summed E-state index contributed by atoms with van der Waals surface area (Å²) in [5, 5.41) is 3.18. The number of rotatable bonds is 8. The van der Waals surface area contributed by atoms with E-state index in [9.17, 15) is 4.79 Å². The predicted octanol–water partition coefficient (Wildman–Crippen LogP) is 4.86. The molecule has 0 aliphatic rings. The second kappa shape index (κ2) is 9.96. The van der Waals surface area contributed by atoms with Crippen molar-refractivity contribution in [3.8, 4) is 0 Å². The molecule has 144 valence electrons. The molecule has 1 N–H and O–H groups in total. The molecule has 0 aliphatic carbocycles. The minimum atomic E-state index is -0.334. The first-order chi connectivity index (χ1) is 10.6. The Hall–Kier alpha value is -0.350. The Morgan fingerprint density at radius 1 is 1.08 bits per heavy atom. The van der Waals surface area contributed by atoms with E-state index in [1.165, 1.54) is 0 Å². The smallest absolute Gasteiger partial charge is 0.225 e. The van der Waals surface area contributed by atoms with Crippen LogP contribution in [0.4, 0.5) is 0 Å². The molecule has 0 fully saturated rings. The van der Waals surface area contributed by atoms with Crippen LogP contribution in [0.2, 0.25) is 0 Å². The Labute approximate surface area is 160 Å². The van der Waals surface area contributed by atoms with Crippen LogP contribution in [0.15, 0.2) is 12.7 Å². The van der Waals surface area contributed by atoms with Gasteiger partial charge < -0.3 is 9.80 Å². The second-order valence-electron chi connectivity index (χ2n) is 10.0. The van der Waals surface area contributed by atoms with Gasteiger partial charge in [0.2, 0.25) is 5.91 Å². The van der Waals surface area contributed by atoms with Gasteiger partial charge in [-0.2, -0.15) is 0 Å². The third-order valence-corrected chi connectivity index (χ3v) is 3.79.